The molecule has 0 radical (unpaired) electrons. The second kappa shape index (κ2) is 6.63. The maximum Gasteiger partial charge on any atom is 0.145 e. The fourth-order valence-corrected chi connectivity index (χ4v) is 2.50. The number of nitrogens with two attached hydrogens (primary N) is 1. The molecule has 0 aliphatic rings. The quantitative estimate of drug-likeness (QED) is 0.635. The molecule has 6 heteroatoms. The minimum atomic E-state index is -0.545. The van der Waals surface area contributed by atoms with E-state index in [1.54, 1.807) is 24.3 Å². The van der Waals surface area contributed by atoms with Crippen LogP contribution in [0.2, 0.25) is 5.02 Å². The minimum absolute atomic E-state index is 0.0366. The van der Waals surface area contributed by atoms with Gasteiger partial charge in [0.2, 0.25) is 0 Å². The van der Waals surface area contributed by atoms with Crippen LogP contribution in [0.25, 0.3) is 0 Å². The predicted molar refractivity (Wildman–Crippen MR) is 79.3 cm³/mol. The Labute approximate surface area is 129 Å². The normalized spacial score (nSPS) is 12.4. The van der Waals surface area contributed by atoms with Crippen molar-refractivity contribution in [1.82, 2.24) is 5.43 Å². The van der Waals surface area contributed by atoms with Gasteiger partial charge in [0.05, 0.1) is 11.1 Å². The molecule has 0 heterocycles. The summed E-state index contributed by atoms with van der Waals surface area (Å²) in [4.78, 5) is 0. The summed E-state index contributed by atoms with van der Waals surface area (Å²) in [5.74, 6) is 4.54. The van der Waals surface area contributed by atoms with E-state index in [9.17, 15) is 8.78 Å². The average molecular weight is 362 g/mol. The molecule has 0 saturated carbocycles. The summed E-state index contributed by atoms with van der Waals surface area (Å²) in [6.07, 6.45) is 0.196. The van der Waals surface area contributed by atoms with Crippen LogP contribution in [0.3, 0.4) is 0 Å². The van der Waals surface area contributed by atoms with E-state index in [0.29, 0.717) is 15.6 Å². The summed E-state index contributed by atoms with van der Waals surface area (Å²) in [6.45, 7) is 0. The molecule has 0 amide bonds. The molecular formula is C14H12BrClF2N2. The molecule has 1 atom stereocenters. The highest BCUT2D eigenvalue weighted by Crippen LogP contribution is 2.26. The molecule has 0 aliphatic carbocycles. The van der Waals surface area contributed by atoms with E-state index in [1.165, 1.54) is 12.1 Å². The van der Waals surface area contributed by atoms with Crippen molar-refractivity contribution in [3.63, 3.8) is 0 Å². The van der Waals surface area contributed by atoms with E-state index in [0.717, 1.165) is 0 Å². The van der Waals surface area contributed by atoms with Gasteiger partial charge in [-0.25, -0.2) is 8.78 Å². The lowest BCUT2D eigenvalue weighted by Crippen LogP contribution is -2.30. The molecule has 0 aromatic heterocycles. The number of hydrazine groups is 1. The van der Waals surface area contributed by atoms with Gasteiger partial charge in [0.1, 0.15) is 11.6 Å². The van der Waals surface area contributed by atoms with Gasteiger partial charge in [-0.05, 0) is 30.2 Å². The maximum absolute atomic E-state index is 13.9. The van der Waals surface area contributed by atoms with Crippen LogP contribution in [0, 0.1) is 11.6 Å². The third kappa shape index (κ3) is 3.35. The molecule has 0 fully saturated rings. The smallest absolute Gasteiger partial charge is 0.145 e. The molecule has 2 aromatic carbocycles. The number of hydrogen-bond acceptors (Lipinski definition) is 2. The molecule has 2 rings (SSSR count). The number of rotatable bonds is 4. The monoisotopic (exact) mass is 360 g/mol. The Morgan fingerprint density at radius 3 is 2.65 bits per heavy atom. The van der Waals surface area contributed by atoms with Crippen molar-refractivity contribution in [3.8, 4) is 0 Å². The first-order valence-electron chi connectivity index (χ1n) is 5.87. The first-order valence-corrected chi connectivity index (χ1v) is 7.04. The van der Waals surface area contributed by atoms with Crippen molar-refractivity contribution in [2.45, 2.75) is 12.5 Å². The maximum atomic E-state index is 13.9. The Morgan fingerprint density at radius 1 is 1.25 bits per heavy atom. The van der Waals surface area contributed by atoms with Gasteiger partial charge in [-0.1, -0.05) is 45.7 Å². The van der Waals surface area contributed by atoms with Gasteiger partial charge in [-0.3, -0.25) is 11.3 Å². The molecule has 2 nitrogen and oxygen atoms in total. The van der Waals surface area contributed by atoms with Gasteiger partial charge in [0.15, 0.2) is 0 Å². The Bertz CT molecular complexity index is 622. The average Bonchev–Trinajstić information content (AvgIpc) is 2.41. The Hall–Kier alpha value is -1.01. The van der Waals surface area contributed by atoms with E-state index in [1.807, 2.05) is 0 Å². The molecule has 106 valence electrons. The third-order valence-corrected chi connectivity index (χ3v) is 3.78. The zero-order chi connectivity index (χ0) is 14.7. The molecule has 0 spiro atoms. The highest BCUT2D eigenvalue weighted by Gasteiger charge is 2.18. The molecule has 0 bridgehead atoms. The standard InChI is InChI=1S/C14H12BrClF2N2/c15-9-4-5-10(12(17)7-9)13(20-19)6-8-2-1-3-11(16)14(8)18/h1-5,7,13,20H,6,19H2. The molecule has 20 heavy (non-hydrogen) atoms. The fourth-order valence-electron chi connectivity index (χ4n) is 1.97. The lowest BCUT2D eigenvalue weighted by Gasteiger charge is -2.18. The number of benzene rings is 2. The van der Waals surface area contributed by atoms with Gasteiger partial charge >= 0.3 is 0 Å². The topological polar surface area (TPSA) is 38.0 Å². The van der Waals surface area contributed by atoms with E-state index < -0.39 is 17.7 Å². The summed E-state index contributed by atoms with van der Waals surface area (Å²) in [5, 5.41) is 0.0366. The van der Waals surface area contributed by atoms with Crippen molar-refractivity contribution in [1.29, 1.82) is 0 Å². The van der Waals surface area contributed by atoms with E-state index >= 15 is 0 Å². The highest BCUT2D eigenvalue weighted by molar-refractivity contribution is 9.10. The molecule has 2 aromatic rings. The molecule has 0 saturated heterocycles. The summed E-state index contributed by atoms with van der Waals surface area (Å²) >= 11 is 8.92. The number of halogens is 4. The summed E-state index contributed by atoms with van der Waals surface area (Å²) in [6, 6.07) is 8.81. The predicted octanol–water partition coefficient (Wildman–Crippen LogP) is 4.13. The van der Waals surface area contributed by atoms with Crippen LogP contribution >= 0.6 is 27.5 Å². The number of hydrogen-bond donors (Lipinski definition) is 2. The van der Waals surface area contributed by atoms with E-state index in [4.69, 9.17) is 17.4 Å². The van der Waals surface area contributed by atoms with Crippen LogP contribution in [0.15, 0.2) is 40.9 Å². The first kappa shape index (κ1) is 15.4. The Morgan fingerprint density at radius 2 is 2.00 bits per heavy atom. The highest BCUT2D eigenvalue weighted by atomic mass is 79.9. The SMILES string of the molecule is NNC(Cc1cccc(Cl)c1F)c1ccc(Br)cc1F. The zero-order valence-corrected chi connectivity index (χ0v) is 12.7. The van der Waals surface area contributed by atoms with E-state index in [-0.39, 0.29) is 11.4 Å². The number of nitrogens with one attached hydrogen (secondary N) is 1. The van der Waals surface area contributed by atoms with Crippen LogP contribution in [0.4, 0.5) is 8.78 Å². The van der Waals surface area contributed by atoms with Gasteiger partial charge in [-0.2, -0.15) is 0 Å². The second-order valence-corrected chi connectivity index (χ2v) is 5.63. The summed E-state index contributed by atoms with van der Waals surface area (Å²) in [7, 11) is 0. The zero-order valence-electron chi connectivity index (χ0n) is 10.3. The Kier molecular flexibility index (Phi) is 5.10. The van der Waals surface area contributed by atoms with Gasteiger partial charge in [0.25, 0.3) is 0 Å². The molecule has 1 unspecified atom stereocenters. The first-order chi connectivity index (χ1) is 9.52. The summed E-state index contributed by atoms with van der Waals surface area (Å²) < 4.78 is 28.4. The van der Waals surface area contributed by atoms with Crippen LogP contribution in [-0.2, 0) is 6.42 Å². The Balaban J connectivity index is 2.31. The largest absolute Gasteiger partial charge is 0.271 e. The van der Waals surface area contributed by atoms with Crippen molar-refractivity contribution in [2.24, 2.45) is 5.84 Å². The fraction of sp³-hybridized carbons (Fsp3) is 0.143. The lowest BCUT2D eigenvalue weighted by atomic mass is 9.98. The van der Waals surface area contributed by atoms with Gasteiger partial charge in [0, 0.05) is 10.0 Å². The van der Waals surface area contributed by atoms with Crippen LogP contribution in [-0.4, -0.2) is 0 Å². The molecule has 3 N–H and O–H groups in total. The van der Waals surface area contributed by atoms with Crippen LogP contribution < -0.4 is 11.3 Å². The van der Waals surface area contributed by atoms with Crippen LogP contribution in [0.5, 0.6) is 0 Å². The van der Waals surface area contributed by atoms with Crippen molar-refractivity contribution in [3.05, 3.63) is 68.7 Å². The van der Waals surface area contributed by atoms with Crippen molar-refractivity contribution < 1.29 is 8.78 Å². The minimum Gasteiger partial charge on any atom is -0.271 e. The third-order valence-electron chi connectivity index (χ3n) is 2.99. The molecule has 0 aliphatic heterocycles. The molecular weight excluding hydrogens is 350 g/mol. The van der Waals surface area contributed by atoms with Gasteiger partial charge < -0.3 is 0 Å². The summed E-state index contributed by atoms with van der Waals surface area (Å²) in [5.41, 5.74) is 3.26. The van der Waals surface area contributed by atoms with Crippen LogP contribution in [0.1, 0.15) is 17.2 Å². The van der Waals surface area contributed by atoms with E-state index in [2.05, 4.69) is 21.4 Å². The van der Waals surface area contributed by atoms with Crippen molar-refractivity contribution >= 4 is 27.5 Å². The second-order valence-electron chi connectivity index (χ2n) is 4.30. The lowest BCUT2D eigenvalue weighted by molar-refractivity contribution is 0.498. The van der Waals surface area contributed by atoms with Gasteiger partial charge in [-0.15, -0.1) is 0 Å². The van der Waals surface area contributed by atoms with Crippen molar-refractivity contribution in [2.75, 3.05) is 0 Å².